The van der Waals surface area contributed by atoms with Crippen LogP contribution in [-0.2, 0) is 29.8 Å². The van der Waals surface area contributed by atoms with E-state index in [1.165, 1.54) is 0 Å². The second kappa shape index (κ2) is 14.8. The number of carbonyl (C=O) groups is 3. The van der Waals surface area contributed by atoms with E-state index >= 15 is 0 Å². The van der Waals surface area contributed by atoms with Crippen molar-refractivity contribution in [2.24, 2.45) is 17.3 Å². The predicted octanol–water partition coefficient (Wildman–Crippen LogP) is 4.15. The number of nitrogens with one attached hydrogen (secondary N) is 3. The summed E-state index contributed by atoms with van der Waals surface area (Å²) in [7, 11) is -0.380. The summed E-state index contributed by atoms with van der Waals surface area (Å²) >= 11 is 0. The molecule has 0 heterocycles. The summed E-state index contributed by atoms with van der Waals surface area (Å²) in [5.41, 5.74) is 0.0135. The smallest absolute Gasteiger partial charge is 0.260 e. The van der Waals surface area contributed by atoms with Crippen molar-refractivity contribution in [3.05, 3.63) is 47.5 Å². The first-order valence-electron chi connectivity index (χ1n) is 15.3. The molecule has 3 amide bonds. The Morgan fingerprint density at radius 3 is 2.05 bits per heavy atom. The fourth-order valence-electron chi connectivity index (χ4n) is 5.91. The van der Waals surface area contributed by atoms with Gasteiger partial charge >= 0.3 is 0 Å². The van der Waals surface area contributed by atoms with Crippen molar-refractivity contribution >= 4 is 27.7 Å². The molecule has 3 N–H and O–H groups in total. The van der Waals surface area contributed by atoms with Crippen LogP contribution in [0, 0.1) is 17.3 Å². The lowest BCUT2D eigenvalue weighted by molar-refractivity contribution is -0.140. The summed E-state index contributed by atoms with van der Waals surface area (Å²) in [4.78, 5) is 42.2. The Bertz CT molecular complexity index is 1250. The molecule has 0 bridgehead atoms. The van der Waals surface area contributed by atoms with Crippen molar-refractivity contribution in [1.29, 1.82) is 0 Å². The van der Waals surface area contributed by atoms with Crippen molar-refractivity contribution < 1.29 is 22.8 Å². The third-order valence-corrected chi connectivity index (χ3v) is 10.0. The average Bonchev–Trinajstić information content (AvgIpc) is 3.41. The maximum atomic E-state index is 14.0. The number of benzene rings is 1. The molecule has 0 radical (unpaired) electrons. The van der Waals surface area contributed by atoms with E-state index in [1.54, 1.807) is 32.0 Å². The fraction of sp³-hybridized carbons (Fsp3) is 0.667. The normalized spacial score (nSPS) is 17.3. The van der Waals surface area contributed by atoms with Crippen LogP contribution in [-0.4, -0.2) is 69.0 Å². The molecule has 1 aromatic carbocycles. The van der Waals surface area contributed by atoms with E-state index in [1.807, 2.05) is 78.8 Å². The number of carbonyl (C=O) groups excluding carboxylic acids is 3. The van der Waals surface area contributed by atoms with Gasteiger partial charge in [0.15, 0.2) is 0 Å². The molecule has 1 aliphatic rings. The highest BCUT2D eigenvalue weighted by Crippen LogP contribution is 2.29. The minimum atomic E-state index is -3.77. The number of sulfonamides is 1. The molecule has 0 aliphatic heterocycles. The molecule has 0 aromatic heterocycles. The van der Waals surface area contributed by atoms with Crippen LogP contribution in [0.4, 0.5) is 0 Å². The van der Waals surface area contributed by atoms with Gasteiger partial charge in [-0.1, -0.05) is 97.7 Å². The van der Waals surface area contributed by atoms with Crippen LogP contribution in [0.15, 0.2) is 42.0 Å². The number of amides is 3. The first-order valence-corrected chi connectivity index (χ1v) is 17.0. The zero-order valence-corrected chi connectivity index (χ0v) is 28.6. The molecule has 242 valence electrons. The van der Waals surface area contributed by atoms with Crippen LogP contribution in [0.5, 0.6) is 0 Å². The lowest BCUT2D eigenvalue weighted by Gasteiger charge is -2.40. The van der Waals surface area contributed by atoms with Gasteiger partial charge in [0, 0.05) is 18.0 Å². The highest BCUT2D eigenvalue weighted by atomic mass is 32.2. The maximum Gasteiger partial charge on any atom is 0.260 e. The Labute approximate surface area is 259 Å². The van der Waals surface area contributed by atoms with Gasteiger partial charge in [0.1, 0.15) is 6.04 Å². The standard InChI is InChI=1S/C33H54N4O5S/c1-22(2)26(20-23(3)29(38)36-43(41,42)21-24-16-14-15-17-24)37(10)31(40)28(32(4,5)6)35-30(39)27(34-9)33(7,8)25-18-12-11-13-19-25/h11-13,18-20,22,24,26-28,34H,14-17,21H2,1-10H3,(H,35,39)(H,36,38)/b23-20+/t26-,27-,28?/m1/s1. The minimum absolute atomic E-state index is 0.0559. The average molecular weight is 619 g/mol. The third-order valence-electron chi connectivity index (χ3n) is 8.62. The number of likely N-dealkylation sites (N-methyl/N-ethyl adjacent to an activating group) is 2. The fourth-order valence-corrected chi connectivity index (χ4v) is 7.39. The van der Waals surface area contributed by atoms with Gasteiger partial charge in [-0.05, 0) is 49.6 Å². The van der Waals surface area contributed by atoms with E-state index in [0.717, 1.165) is 31.2 Å². The quantitative estimate of drug-likeness (QED) is 0.286. The number of rotatable bonds is 13. The van der Waals surface area contributed by atoms with Gasteiger partial charge in [0.2, 0.25) is 21.8 Å². The minimum Gasteiger partial charge on any atom is -0.342 e. The lowest BCUT2D eigenvalue weighted by atomic mass is 9.76. The SMILES string of the molecule is CN[C@H](C(=O)NC(C(=O)N(C)[C@H](/C=C(\C)C(=O)NS(=O)(=O)CC1CCCC1)C(C)C)C(C)(C)C)C(C)(C)c1ccccc1. The number of hydrogen-bond acceptors (Lipinski definition) is 6. The van der Waals surface area contributed by atoms with E-state index in [9.17, 15) is 22.8 Å². The second-order valence-corrected chi connectivity index (χ2v) is 15.8. The molecule has 3 atom stereocenters. The molecule has 1 saturated carbocycles. The van der Waals surface area contributed by atoms with Crippen molar-refractivity contribution in [2.75, 3.05) is 19.8 Å². The molecular formula is C33H54N4O5S. The van der Waals surface area contributed by atoms with Crippen LogP contribution < -0.4 is 15.4 Å². The van der Waals surface area contributed by atoms with Crippen LogP contribution >= 0.6 is 0 Å². The van der Waals surface area contributed by atoms with Crippen LogP contribution in [0.1, 0.15) is 86.6 Å². The Balaban J connectivity index is 2.27. The van der Waals surface area contributed by atoms with Crippen molar-refractivity contribution in [3.8, 4) is 0 Å². The van der Waals surface area contributed by atoms with E-state index in [0.29, 0.717) is 0 Å². The van der Waals surface area contributed by atoms with Gasteiger partial charge < -0.3 is 15.5 Å². The monoisotopic (exact) mass is 618 g/mol. The molecular weight excluding hydrogens is 564 g/mol. The maximum absolute atomic E-state index is 14.0. The van der Waals surface area contributed by atoms with Crippen molar-refractivity contribution in [3.63, 3.8) is 0 Å². The molecule has 10 heteroatoms. The number of nitrogens with zero attached hydrogens (tertiary/aromatic N) is 1. The van der Waals surface area contributed by atoms with Gasteiger partial charge in [-0.2, -0.15) is 0 Å². The molecule has 1 unspecified atom stereocenters. The third kappa shape index (κ3) is 9.89. The Morgan fingerprint density at radius 1 is 1.00 bits per heavy atom. The summed E-state index contributed by atoms with van der Waals surface area (Å²) in [6, 6.07) is 7.78. The Hall–Kier alpha value is -2.72. The van der Waals surface area contributed by atoms with Crippen LogP contribution in [0.25, 0.3) is 0 Å². The second-order valence-electron chi connectivity index (χ2n) is 14.0. The zero-order valence-electron chi connectivity index (χ0n) is 27.8. The van der Waals surface area contributed by atoms with Gasteiger partial charge in [0.25, 0.3) is 5.91 Å². The van der Waals surface area contributed by atoms with Crippen LogP contribution in [0.3, 0.4) is 0 Å². The molecule has 9 nitrogen and oxygen atoms in total. The van der Waals surface area contributed by atoms with Crippen LogP contribution in [0.2, 0.25) is 0 Å². The summed E-state index contributed by atoms with van der Waals surface area (Å²) in [5, 5.41) is 6.17. The highest BCUT2D eigenvalue weighted by molar-refractivity contribution is 7.90. The van der Waals surface area contributed by atoms with E-state index in [4.69, 9.17) is 0 Å². The molecule has 1 aromatic rings. The molecule has 43 heavy (non-hydrogen) atoms. The summed E-state index contributed by atoms with van der Waals surface area (Å²) < 4.78 is 27.5. The summed E-state index contributed by atoms with van der Waals surface area (Å²) in [6.45, 7) is 15.1. The first kappa shape index (κ1) is 36.5. The van der Waals surface area contributed by atoms with Gasteiger partial charge in [0.05, 0.1) is 17.8 Å². The zero-order chi connectivity index (χ0) is 32.8. The molecule has 2 rings (SSSR count). The van der Waals surface area contributed by atoms with E-state index in [-0.39, 0.29) is 35.0 Å². The largest absolute Gasteiger partial charge is 0.342 e. The van der Waals surface area contributed by atoms with Crippen molar-refractivity contribution in [2.45, 2.75) is 105 Å². The molecule has 1 aliphatic carbocycles. The van der Waals surface area contributed by atoms with E-state index in [2.05, 4.69) is 15.4 Å². The summed E-state index contributed by atoms with van der Waals surface area (Å²) in [6.07, 6.45) is 5.38. The topological polar surface area (TPSA) is 125 Å². The molecule has 0 spiro atoms. The molecule has 1 fully saturated rings. The van der Waals surface area contributed by atoms with E-state index < -0.39 is 44.9 Å². The predicted molar refractivity (Wildman–Crippen MR) is 173 cm³/mol. The highest BCUT2D eigenvalue weighted by Gasteiger charge is 2.41. The van der Waals surface area contributed by atoms with Gasteiger partial charge in [-0.15, -0.1) is 0 Å². The van der Waals surface area contributed by atoms with Gasteiger partial charge in [-0.25, -0.2) is 13.1 Å². The van der Waals surface area contributed by atoms with Crippen molar-refractivity contribution in [1.82, 2.24) is 20.3 Å². The van der Waals surface area contributed by atoms with Gasteiger partial charge in [-0.3, -0.25) is 14.4 Å². The Kier molecular flexibility index (Phi) is 12.6. The lowest BCUT2D eigenvalue weighted by Crippen LogP contribution is -2.61. The first-order chi connectivity index (χ1) is 19.8. The Morgan fingerprint density at radius 2 is 1.56 bits per heavy atom. The molecule has 0 saturated heterocycles. The summed E-state index contributed by atoms with van der Waals surface area (Å²) in [5.74, 6) is -1.36. The number of hydrogen-bond donors (Lipinski definition) is 3.